The van der Waals surface area contributed by atoms with Crippen LogP contribution in [0.25, 0.3) is 0 Å². The van der Waals surface area contributed by atoms with E-state index in [1.807, 2.05) is 25.1 Å². The van der Waals surface area contributed by atoms with Crippen molar-refractivity contribution in [2.24, 2.45) is 5.73 Å². The Morgan fingerprint density at radius 3 is 2.82 bits per heavy atom. The van der Waals surface area contributed by atoms with E-state index in [0.717, 1.165) is 23.5 Å². The van der Waals surface area contributed by atoms with Gasteiger partial charge in [0.2, 0.25) is 0 Å². The van der Waals surface area contributed by atoms with Crippen LogP contribution in [0.3, 0.4) is 0 Å². The fraction of sp³-hybridized carbons (Fsp3) is 0.538. The highest BCUT2D eigenvalue weighted by atomic mass is 16.5. The molecule has 1 aliphatic rings. The van der Waals surface area contributed by atoms with E-state index in [1.165, 1.54) is 0 Å². The van der Waals surface area contributed by atoms with Gasteiger partial charge in [0.15, 0.2) is 11.5 Å². The molecule has 0 fully saturated rings. The summed E-state index contributed by atoms with van der Waals surface area (Å²) in [5.41, 5.74) is 7.05. The molecule has 4 heteroatoms. The van der Waals surface area contributed by atoms with E-state index < -0.39 is 0 Å². The maximum absolute atomic E-state index is 6.03. The fourth-order valence-corrected chi connectivity index (χ4v) is 1.75. The molecule has 0 spiro atoms. The number of benzene rings is 1. The Hall–Kier alpha value is -1.26. The summed E-state index contributed by atoms with van der Waals surface area (Å²) in [7, 11) is 0. The van der Waals surface area contributed by atoms with Crippen molar-refractivity contribution in [2.45, 2.75) is 19.4 Å². The van der Waals surface area contributed by atoms with Gasteiger partial charge in [0.25, 0.3) is 0 Å². The van der Waals surface area contributed by atoms with E-state index in [1.54, 1.807) is 0 Å². The monoisotopic (exact) mass is 237 g/mol. The molecule has 1 aliphatic heterocycles. The second-order valence-corrected chi connectivity index (χ2v) is 4.02. The van der Waals surface area contributed by atoms with E-state index in [9.17, 15) is 0 Å². The zero-order valence-corrected chi connectivity index (χ0v) is 10.1. The minimum atomic E-state index is -0.118. The molecule has 2 rings (SSSR count). The normalized spacial score (nSPS) is 16.4. The van der Waals surface area contributed by atoms with Gasteiger partial charge in [0, 0.05) is 13.0 Å². The maximum Gasteiger partial charge on any atom is 0.161 e. The third-order valence-electron chi connectivity index (χ3n) is 2.70. The summed E-state index contributed by atoms with van der Waals surface area (Å²) in [6.45, 7) is 4.56. The third-order valence-corrected chi connectivity index (χ3v) is 2.70. The van der Waals surface area contributed by atoms with Crippen LogP contribution in [0.4, 0.5) is 0 Å². The van der Waals surface area contributed by atoms with Gasteiger partial charge < -0.3 is 19.9 Å². The largest absolute Gasteiger partial charge is 0.490 e. The molecule has 0 saturated carbocycles. The molecule has 1 aromatic rings. The van der Waals surface area contributed by atoms with Crippen molar-refractivity contribution >= 4 is 0 Å². The zero-order chi connectivity index (χ0) is 12.1. The Morgan fingerprint density at radius 2 is 2.06 bits per heavy atom. The summed E-state index contributed by atoms with van der Waals surface area (Å²) < 4.78 is 16.5. The number of hydrogen-bond donors (Lipinski definition) is 1. The topological polar surface area (TPSA) is 53.7 Å². The number of fused-ring (bicyclic) bond motifs is 1. The Bertz CT molecular complexity index is 368. The first-order chi connectivity index (χ1) is 8.31. The van der Waals surface area contributed by atoms with Crippen LogP contribution in [0.15, 0.2) is 18.2 Å². The summed E-state index contributed by atoms with van der Waals surface area (Å²) in [5.74, 6) is 1.59. The molecule has 1 heterocycles. The van der Waals surface area contributed by atoms with Gasteiger partial charge in [-0.05, 0) is 24.6 Å². The standard InChI is InChI=1S/C13H19NO3/c1-2-15-9-11(14)10-4-5-12-13(8-10)17-7-3-6-16-12/h4-5,8,11H,2-3,6-7,9,14H2,1H3/t11-/m0/s1. The highest BCUT2D eigenvalue weighted by Gasteiger charge is 2.13. The molecule has 0 bridgehead atoms. The molecule has 1 aromatic carbocycles. The molecular weight excluding hydrogens is 218 g/mol. The van der Waals surface area contributed by atoms with Gasteiger partial charge in [-0.3, -0.25) is 0 Å². The zero-order valence-electron chi connectivity index (χ0n) is 10.1. The molecule has 0 amide bonds. The second-order valence-electron chi connectivity index (χ2n) is 4.02. The van der Waals surface area contributed by atoms with E-state index >= 15 is 0 Å². The lowest BCUT2D eigenvalue weighted by Crippen LogP contribution is -2.17. The van der Waals surface area contributed by atoms with Gasteiger partial charge in [0.1, 0.15) is 0 Å². The van der Waals surface area contributed by atoms with Gasteiger partial charge in [-0.25, -0.2) is 0 Å². The molecule has 0 aliphatic carbocycles. The van der Waals surface area contributed by atoms with Crippen molar-refractivity contribution in [1.29, 1.82) is 0 Å². The predicted molar refractivity (Wildman–Crippen MR) is 65.5 cm³/mol. The van der Waals surface area contributed by atoms with E-state index in [4.69, 9.17) is 19.9 Å². The summed E-state index contributed by atoms with van der Waals surface area (Å²) >= 11 is 0. The third kappa shape index (κ3) is 3.11. The van der Waals surface area contributed by atoms with Crippen LogP contribution in [-0.2, 0) is 4.74 Å². The highest BCUT2D eigenvalue weighted by Crippen LogP contribution is 2.31. The molecule has 17 heavy (non-hydrogen) atoms. The van der Waals surface area contributed by atoms with Crippen molar-refractivity contribution in [3.05, 3.63) is 23.8 Å². The van der Waals surface area contributed by atoms with Crippen molar-refractivity contribution < 1.29 is 14.2 Å². The summed E-state index contributed by atoms with van der Waals surface area (Å²) in [6, 6.07) is 5.72. The molecule has 0 aromatic heterocycles. The average molecular weight is 237 g/mol. The first kappa shape index (κ1) is 12.2. The quantitative estimate of drug-likeness (QED) is 0.868. The van der Waals surface area contributed by atoms with Crippen molar-refractivity contribution in [3.63, 3.8) is 0 Å². The predicted octanol–water partition coefficient (Wildman–Crippen LogP) is 1.88. The molecule has 0 unspecified atom stereocenters. The molecule has 4 nitrogen and oxygen atoms in total. The Kier molecular flexibility index (Phi) is 4.23. The van der Waals surface area contributed by atoms with Crippen LogP contribution < -0.4 is 15.2 Å². The Labute approximate surface area is 102 Å². The van der Waals surface area contributed by atoms with Crippen LogP contribution in [0.1, 0.15) is 24.9 Å². The maximum atomic E-state index is 6.03. The SMILES string of the molecule is CCOC[C@H](N)c1ccc2c(c1)OCCCO2. The van der Waals surface area contributed by atoms with Crippen molar-refractivity contribution in [3.8, 4) is 11.5 Å². The summed E-state index contributed by atoms with van der Waals surface area (Å²) in [6.07, 6.45) is 0.912. The van der Waals surface area contributed by atoms with E-state index in [2.05, 4.69) is 0 Å². The fourth-order valence-electron chi connectivity index (χ4n) is 1.75. The lowest BCUT2D eigenvalue weighted by Gasteiger charge is -2.14. The van der Waals surface area contributed by atoms with Crippen LogP contribution >= 0.6 is 0 Å². The Balaban J connectivity index is 2.11. The molecular formula is C13H19NO3. The number of rotatable bonds is 4. The van der Waals surface area contributed by atoms with E-state index in [-0.39, 0.29) is 6.04 Å². The van der Waals surface area contributed by atoms with E-state index in [0.29, 0.717) is 26.4 Å². The van der Waals surface area contributed by atoms with Gasteiger partial charge >= 0.3 is 0 Å². The second kappa shape index (κ2) is 5.89. The summed E-state index contributed by atoms with van der Waals surface area (Å²) in [4.78, 5) is 0. The summed E-state index contributed by atoms with van der Waals surface area (Å²) in [5, 5.41) is 0. The molecule has 0 radical (unpaired) electrons. The van der Waals surface area contributed by atoms with Gasteiger partial charge in [0.05, 0.1) is 25.9 Å². The molecule has 94 valence electrons. The lowest BCUT2D eigenvalue weighted by molar-refractivity contribution is 0.133. The van der Waals surface area contributed by atoms with Crippen LogP contribution in [0, 0.1) is 0 Å². The number of hydrogen-bond acceptors (Lipinski definition) is 4. The minimum absolute atomic E-state index is 0.118. The lowest BCUT2D eigenvalue weighted by atomic mass is 10.1. The minimum Gasteiger partial charge on any atom is -0.490 e. The number of ether oxygens (including phenoxy) is 3. The van der Waals surface area contributed by atoms with Crippen LogP contribution in [0.5, 0.6) is 11.5 Å². The Morgan fingerprint density at radius 1 is 1.29 bits per heavy atom. The first-order valence-corrected chi connectivity index (χ1v) is 6.04. The average Bonchev–Trinajstić information content (AvgIpc) is 2.60. The van der Waals surface area contributed by atoms with Crippen molar-refractivity contribution in [1.82, 2.24) is 0 Å². The van der Waals surface area contributed by atoms with Gasteiger partial charge in [-0.15, -0.1) is 0 Å². The highest BCUT2D eigenvalue weighted by molar-refractivity contribution is 5.44. The van der Waals surface area contributed by atoms with Crippen molar-refractivity contribution in [2.75, 3.05) is 26.4 Å². The smallest absolute Gasteiger partial charge is 0.161 e. The van der Waals surface area contributed by atoms with Crippen LogP contribution in [-0.4, -0.2) is 26.4 Å². The van der Waals surface area contributed by atoms with Crippen LogP contribution in [0.2, 0.25) is 0 Å². The molecule has 1 atom stereocenters. The first-order valence-electron chi connectivity index (χ1n) is 6.04. The van der Waals surface area contributed by atoms with Gasteiger partial charge in [-0.2, -0.15) is 0 Å². The molecule has 0 saturated heterocycles. The number of nitrogens with two attached hydrogens (primary N) is 1. The van der Waals surface area contributed by atoms with Gasteiger partial charge in [-0.1, -0.05) is 6.07 Å². The molecule has 2 N–H and O–H groups in total.